The zero-order valence-electron chi connectivity index (χ0n) is 23.8. The molecule has 2 saturated carbocycles. The van der Waals surface area contributed by atoms with Gasteiger partial charge in [0.25, 0.3) is 0 Å². The fourth-order valence-corrected chi connectivity index (χ4v) is 7.74. The van der Waals surface area contributed by atoms with E-state index in [0.717, 1.165) is 12.8 Å². The third-order valence-corrected chi connectivity index (χ3v) is 9.60. The van der Waals surface area contributed by atoms with E-state index < -0.39 is 64.2 Å². The summed E-state index contributed by atoms with van der Waals surface area (Å²) >= 11 is 0. The van der Waals surface area contributed by atoms with Gasteiger partial charge in [-0.15, -0.1) is 0 Å². The van der Waals surface area contributed by atoms with Crippen LogP contribution in [-0.4, -0.2) is 51.8 Å². The second-order valence-corrected chi connectivity index (χ2v) is 12.1. The summed E-state index contributed by atoms with van der Waals surface area (Å²) in [4.78, 5) is 38.6. The number of unbranched alkanes of at least 4 members (excludes halogenated alkanes) is 1. The van der Waals surface area contributed by atoms with Crippen molar-refractivity contribution in [1.29, 1.82) is 0 Å². The Bertz CT molecular complexity index is 1170. The number of esters is 2. The van der Waals surface area contributed by atoms with Crippen LogP contribution in [0.2, 0.25) is 0 Å². The van der Waals surface area contributed by atoms with Gasteiger partial charge in [0.2, 0.25) is 0 Å². The molecule has 4 aliphatic carbocycles. The van der Waals surface area contributed by atoms with Crippen LogP contribution in [0.15, 0.2) is 59.8 Å². The summed E-state index contributed by atoms with van der Waals surface area (Å²) in [5.41, 5.74) is -2.01. The molecule has 0 aliphatic heterocycles. The first-order chi connectivity index (χ1) is 18.4. The van der Waals surface area contributed by atoms with Crippen LogP contribution in [-0.2, 0) is 23.9 Å². The van der Waals surface area contributed by atoms with Gasteiger partial charge in [-0.05, 0) is 30.9 Å². The molecule has 0 aromatic carbocycles. The number of Topliss-reactive ketones (excluding diaryl/α,β-unsaturated/α-hetero) is 1. The zero-order chi connectivity index (χ0) is 28.8. The number of hydrogen-bond acceptors (Lipinski definition) is 7. The second-order valence-electron chi connectivity index (χ2n) is 12.1. The predicted octanol–water partition coefficient (Wildman–Crippen LogP) is 4.41. The Balaban J connectivity index is 1.74. The predicted molar refractivity (Wildman–Crippen MR) is 147 cm³/mol. The van der Waals surface area contributed by atoms with Crippen LogP contribution >= 0.6 is 0 Å². The largest absolute Gasteiger partial charge is 0.458 e. The SMILES string of the molecule is CCCC=CC=CC=CC(=O)OC12C(OC(C)=O)C(C)C3(O)C4C=C(C)C(=O)C4CC(CO)=CC3C1C2(C)C. The number of hydrogen-bond donors (Lipinski definition) is 2. The van der Waals surface area contributed by atoms with Crippen molar-refractivity contribution in [2.45, 2.75) is 78.1 Å². The van der Waals surface area contributed by atoms with Crippen LogP contribution in [0.3, 0.4) is 0 Å². The summed E-state index contributed by atoms with van der Waals surface area (Å²) < 4.78 is 12.1. The van der Waals surface area contributed by atoms with E-state index in [4.69, 9.17) is 9.47 Å². The number of fused-ring (bicyclic) bond motifs is 5. The Kier molecular flexibility index (Phi) is 7.99. The van der Waals surface area contributed by atoms with Gasteiger partial charge in [-0.1, -0.05) is 76.6 Å². The standard InChI is InChI=1S/C32H42O7/c1-7-8-9-10-11-12-13-14-26(35)39-32-28(30(32,5)6)25-17-22(18-33)16-23-24(15-19(2)27(23)36)31(25,37)20(3)29(32)38-21(4)34/h9-15,17,20,23-25,28-29,33,37H,7-8,16,18H2,1-6H3. The second kappa shape index (κ2) is 10.7. The minimum absolute atomic E-state index is 0.0364. The molecule has 0 spiro atoms. The smallest absolute Gasteiger partial charge is 0.331 e. The Morgan fingerprint density at radius 1 is 1.13 bits per heavy atom. The molecule has 8 atom stereocenters. The molecule has 2 fully saturated rings. The summed E-state index contributed by atoms with van der Waals surface area (Å²) in [6, 6.07) is 0. The number of ketones is 1. The summed E-state index contributed by atoms with van der Waals surface area (Å²) in [6.07, 6.45) is 15.7. The van der Waals surface area contributed by atoms with Crippen LogP contribution in [0.5, 0.6) is 0 Å². The molecule has 39 heavy (non-hydrogen) atoms. The Morgan fingerprint density at radius 2 is 1.82 bits per heavy atom. The number of aliphatic hydroxyl groups excluding tert-OH is 1. The highest BCUT2D eigenvalue weighted by Gasteiger charge is 2.87. The van der Waals surface area contributed by atoms with Crippen molar-refractivity contribution in [2.75, 3.05) is 6.61 Å². The van der Waals surface area contributed by atoms with Gasteiger partial charge < -0.3 is 19.7 Å². The van der Waals surface area contributed by atoms with Crippen molar-refractivity contribution in [3.8, 4) is 0 Å². The van der Waals surface area contributed by atoms with E-state index in [1.54, 1.807) is 19.1 Å². The molecule has 7 heteroatoms. The van der Waals surface area contributed by atoms with Crippen molar-refractivity contribution in [2.24, 2.45) is 35.0 Å². The van der Waals surface area contributed by atoms with Crippen LogP contribution in [0, 0.1) is 35.0 Å². The van der Waals surface area contributed by atoms with Crippen molar-refractivity contribution in [1.82, 2.24) is 0 Å². The first-order valence-corrected chi connectivity index (χ1v) is 14.0. The fraction of sp³-hybridized carbons (Fsp3) is 0.594. The average molecular weight is 539 g/mol. The van der Waals surface area contributed by atoms with Gasteiger partial charge >= 0.3 is 11.9 Å². The topological polar surface area (TPSA) is 110 Å². The Hall–Kier alpha value is -2.77. The molecular formula is C32H42O7. The summed E-state index contributed by atoms with van der Waals surface area (Å²) in [5, 5.41) is 22.8. The van der Waals surface area contributed by atoms with Crippen LogP contribution < -0.4 is 0 Å². The summed E-state index contributed by atoms with van der Waals surface area (Å²) in [5.74, 6) is -3.74. The van der Waals surface area contributed by atoms with Gasteiger partial charge in [0.1, 0.15) is 6.10 Å². The summed E-state index contributed by atoms with van der Waals surface area (Å²) in [7, 11) is 0. The van der Waals surface area contributed by atoms with E-state index in [0.29, 0.717) is 17.6 Å². The maximum Gasteiger partial charge on any atom is 0.331 e. The highest BCUT2D eigenvalue weighted by atomic mass is 16.6. The van der Waals surface area contributed by atoms with Gasteiger partial charge in [0.05, 0.1) is 12.2 Å². The van der Waals surface area contributed by atoms with E-state index in [1.807, 2.05) is 51.2 Å². The highest BCUT2D eigenvalue weighted by molar-refractivity contribution is 6.00. The molecule has 0 amide bonds. The van der Waals surface area contributed by atoms with Gasteiger partial charge in [-0.25, -0.2) is 4.79 Å². The van der Waals surface area contributed by atoms with Gasteiger partial charge in [0, 0.05) is 48.0 Å². The van der Waals surface area contributed by atoms with E-state index in [9.17, 15) is 24.6 Å². The molecule has 4 rings (SSSR count). The third kappa shape index (κ3) is 4.57. The maximum atomic E-state index is 13.1. The molecule has 212 valence electrons. The zero-order valence-corrected chi connectivity index (χ0v) is 23.8. The third-order valence-electron chi connectivity index (χ3n) is 9.60. The van der Waals surface area contributed by atoms with Crippen molar-refractivity contribution in [3.63, 3.8) is 0 Å². The fourth-order valence-electron chi connectivity index (χ4n) is 7.74. The van der Waals surface area contributed by atoms with E-state index in [1.165, 1.54) is 13.0 Å². The lowest BCUT2D eigenvalue weighted by molar-refractivity contribution is -0.217. The number of allylic oxidation sites excluding steroid dienone is 6. The number of carbonyl (C=O) groups excluding carboxylic acids is 3. The molecular weight excluding hydrogens is 496 g/mol. The minimum atomic E-state index is -1.45. The number of rotatable bonds is 8. The van der Waals surface area contributed by atoms with Gasteiger partial charge in [0.15, 0.2) is 11.4 Å². The normalized spacial score (nSPS) is 38.6. The van der Waals surface area contributed by atoms with Crippen LogP contribution in [0.25, 0.3) is 0 Å². The molecule has 2 N–H and O–H groups in total. The lowest BCUT2D eigenvalue weighted by Gasteiger charge is -2.52. The van der Waals surface area contributed by atoms with Crippen LogP contribution in [0.1, 0.15) is 60.8 Å². The number of aliphatic hydroxyl groups is 2. The van der Waals surface area contributed by atoms with E-state index in [-0.39, 0.29) is 12.4 Å². The molecule has 0 aromatic rings. The Morgan fingerprint density at radius 3 is 2.46 bits per heavy atom. The van der Waals surface area contributed by atoms with Crippen molar-refractivity contribution in [3.05, 3.63) is 59.8 Å². The molecule has 4 aliphatic rings. The van der Waals surface area contributed by atoms with Crippen molar-refractivity contribution >= 4 is 17.7 Å². The minimum Gasteiger partial charge on any atom is -0.458 e. The van der Waals surface area contributed by atoms with Crippen LogP contribution in [0.4, 0.5) is 0 Å². The molecule has 7 nitrogen and oxygen atoms in total. The van der Waals surface area contributed by atoms with E-state index >= 15 is 0 Å². The highest BCUT2D eigenvalue weighted by Crippen LogP contribution is 2.76. The first kappa shape index (κ1) is 29.2. The van der Waals surface area contributed by atoms with Gasteiger partial charge in [-0.3, -0.25) is 9.59 Å². The maximum absolute atomic E-state index is 13.1. The van der Waals surface area contributed by atoms with Crippen molar-refractivity contribution < 1.29 is 34.1 Å². The first-order valence-electron chi connectivity index (χ1n) is 14.0. The number of carbonyl (C=O) groups is 3. The monoisotopic (exact) mass is 538 g/mol. The van der Waals surface area contributed by atoms with Gasteiger partial charge in [-0.2, -0.15) is 0 Å². The molecule has 0 radical (unpaired) electrons. The summed E-state index contributed by atoms with van der Waals surface area (Å²) in [6.45, 7) is 10.7. The average Bonchev–Trinajstić information content (AvgIpc) is 3.27. The molecule has 0 bridgehead atoms. The molecule has 8 unspecified atom stereocenters. The lowest BCUT2D eigenvalue weighted by Crippen LogP contribution is -2.63. The quantitative estimate of drug-likeness (QED) is 0.204. The lowest BCUT2D eigenvalue weighted by atomic mass is 9.60. The molecule has 0 aromatic heterocycles. The molecule has 0 saturated heterocycles. The molecule has 0 heterocycles. The number of ether oxygens (including phenoxy) is 2. The van der Waals surface area contributed by atoms with E-state index in [2.05, 4.69) is 6.92 Å². The Labute approximate surface area is 231 Å².